The van der Waals surface area contributed by atoms with E-state index < -0.39 is 6.10 Å². The predicted molar refractivity (Wildman–Crippen MR) is 220 cm³/mol. The van der Waals surface area contributed by atoms with Gasteiger partial charge in [0.1, 0.15) is 13.2 Å². The van der Waals surface area contributed by atoms with E-state index in [-0.39, 0.29) is 31.1 Å². The molecule has 0 unspecified atom stereocenters. The van der Waals surface area contributed by atoms with E-state index in [1.54, 1.807) is 0 Å². The third-order valence-corrected chi connectivity index (χ3v) is 10.2. The van der Waals surface area contributed by atoms with Crippen LogP contribution in [-0.2, 0) is 28.6 Å². The molecule has 6 nitrogen and oxygen atoms in total. The quantitative estimate of drug-likeness (QED) is 0.0354. The monoisotopic (exact) mass is 737 g/mol. The molecule has 0 heterocycles. The van der Waals surface area contributed by atoms with Crippen LogP contribution < -0.4 is 0 Å². The summed E-state index contributed by atoms with van der Waals surface area (Å²) in [6.45, 7) is 11.2. The molecule has 6 heteroatoms. The number of esters is 3. The third-order valence-electron chi connectivity index (χ3n) is 10.2. The van der Waals surface area contributed by atoms with E-state index in [9.17, 15) is 14.4 Å². The number of hydrogen-bond acceptors (Lipinski definition) is 6. The van der Waals surface area contributed by atoms with Crippen molar-refractivity contribution in [2.24, 2.45) is 11.8 Å². The van der Waals surface area contributed by atoms with Gasteiger partial charge in [-0.2, -0.15) is 0 Å². The number of ether oxygens (including phenoxy) is 3. The Kier molecular flexibility index (Phi) is 37.9. The molecule has 0 bridgehead atoms. The van der Waals surface area contributed by atoms with E-state index in [0.29, 0.717) is 19.3 Å². The summed E-state index contributed by atoms with van der Waals surface area (Å²) in [7, 11) is 0. The molecule has 0 aliphatic rings. The van der Waals surface area contributed by atoms with Gasteiger partial charge >= 0.3 is 17.9 Å². The van der Waals surface area contributed by atoms with Crippen LogP contribution in [0.1, 0.15) is 247 Å². The summed E-state index contributed by atoms with van der Waals surface area (Å²) in [6.07, 6.45) is 36.9. The molecular formula is C46H88O6. The lowest BCUT2D eigenvalue weighted by molar-refractivity contribution is -0.167. The highest BCUT2D eigenvalue weighted by Gasteiger charge is 2.19. The second-order valence-electron chi connectivity index (χ2n) is 16.6. The lowest BCUT2D eigenvalue weighted by Gasteiger charge is -2.18. The molecular weight excluding hydrogens is 649 g/mol. The summed E-state index contributed by atoms with van der Waals surface area (Å²) in [5.41, 5.74) is 0. The Morgan fingerprint density at radius 1 is 0.365 bits per heavy atom. The van der Waals surface area contributed by atoms with Crippen molar-refractivity contribution in [3.63, 3.8) is 0 Å². The van der Waals surface area contributed by atoms with Gasteiger partial charge in [-0.25, -0.2) is 0 Å². The van der Waals surface area contributed by atoms with Crippen molar-refractivity contribution in [3.05, 3.63) is 0 Å². The van der Waals surface area contributed by atoms with E-state index in [1.807, 2.05) is 0 Å². The predicted octanol–water partition coefficient (Wildman–Crippen LogP) is 14.2. The van der Waals surface area contributed by atoms with Gasteiger partial charge in [0.15, 0.2) is 6.10 Å². The molecule has 0 aromatic heterocycles. The third kappa shape index (κ3) is 39.6. The summed E-state index contributed by atoms with van der Waals surface area (Å²) in [6, 6.07) is 0. The maximum Gasteiger partial charge on any atom is 0.306 e. The average molecular weight is 737 g/mol. The minimum absolute atomic E-state index is 0.0662. The Hall–Kier alpha value is -1.59. The number of hydrogen-bond donors (Lipinski definition) is 0. The number of carbonyl (C=O) groups is 3. The van der Waals surface area contributed by atoms with Gasteiger partial charge in [0.2, 0.25) is 0 Å². The molecule has 308 valence electrons. The van der Waals surface area contributed by atoms with Crippen molar-refractivity contribution in [1.82, 2.24) is 0 Å². The molecule has 0 aromatic rings. The maximum absolute atomic E-state index is 12.5. The second-order valence-corrected chi connectivity index (χ2v) is 16.6. The zero-order valence-electron chi connectivity index (χ0n) is 35.4. The zero-order valence-corrected chi connectivity index (χ0v) is 35.4. The normalized spacial score (nSPS) is 12.1. The fourth-order valence-electron chi connectivity index (χ4n) is 6.75. The van der Waals surface area contributed by atoms with Crippen LogP contribution >= 0.6 is 0 Å². The zero-order chi connectivity index (χ0) is 38.3. The fraction of sp³-hybridized carbons (Fsp3) is 0.935. The summed E-state index contributed by atoms with van der Waals surface area (Å²) >= 11 is 0. The molecule has 52 heavy (non-hydrogen) atoms. The molecule has 0 N–H and O–H groups in total. The molecule has 0 aliphatic carbocycles. The van der Waals surface area contributed by atoms with Crippen LogP contribution in [0.15, 0.2) is 0 Å². The highest BCUT2D eigenvalue weighted by atomic mass is 16.6. The van der Waals surface area contributed by atoms with Gasteiger partial charge < -0.3 is 14.2 Å². The Balaban J connectivity index is 4.11. The van der Waals surface area contributed by atoms with Gasteiger partial charge in [-0.05, 0) is 31.1 Å². The molecule has 0 spiro atoms. The van der Waals surface area contributed by atoms with E-state index >= 15 is 0 Å². The van der Waals surface area contributed by atoms with Crippen molar-refractivity contribution in [2.45, 2.75) is 253 Å². The van der Waals surface area contributed by atoms with Crippen LogP contribution in [0, 0.1) is 11.8 Å². The van der Waals surface area contributed by atoms with Gasteiger partial charge in [0, 0.05) is 19.3 Å². The highest BCUT2D eigenvalue weighted by Crippen LogP contribution is 2.16. The largest absolute Gasteiger partial charge is 0.462 e. The molecule has 0 amide bonds. The molecule has 0 rings (SSSR count). The van der Waals surface area contributed by atoms with Crippen molar-refractivity contribution in [1.29, 1.82) is 0 Å². The molecule has 0 aliphatic heterocycles. The first-order chi connectivity index (χ1) is 25.2. The van der Waals surface area contributed by atoms with E-state index in [4.69, 9.17) is 14.2 Å². The maximum atomic E-state index is 12.5. The lowest BCUT2D eigenvalue weighted by Crippen LogP contribution is -2.30. The first-order valence-corrected chi connectivity index (χ1v) is 22.7. The van der Waals surface area contributed by atoms with Gasteiger partial charge in [0.05, 0.1) is 0 Å². The standard InChI is InChI=1S/C46H88O6/c1-6-7-8-24-33-38-46(49)52-43(40-51-45(48)37-32-28-23-19-15-17-21-26-30-35-42(4)5)39-50-44(47)36-31-27-22-18-14-12-10-9-11-13-16-20-25-29-34-41(2)3/h41-43H,6-40H2,1-5H3/t43-/m0/s1. The summed E-state index contributed by atoms with van der Waals surface area (Å²) in [4.78, 5) is 37.4. The molecule has 1 atom stereocenters. The van der Waals surface area contributed by atoms with Crippen LogP contribution in [0.5, 0.6) is 0 Å². The van der Waals surface area contributed by atoms with Crippen LogP contribution in [0.2, 0.25) is 0 Å². The minimum Gasteiger partial charge on any atom is -0.462 e. The first-order valence-electron chi connectivity index (χ1n) is 22.7. The van der Waals surface area contributed by atoms with Gasteiger partial charge in [-0.1, -0.05) is 208 Å². The summed E-state index contributed by atoms with van der Waals surface area (Å²) in [5.74, 6) is 0.781. The number of unbranched alkanes of at least 4 members (excludes halogenated alkanes) is 25. The van der Waals surface area contributed by atoms with Crippen molar-refractivity contribution in [3.8, 4) is 0 Å². The molecule has 0 aromatic carbocycles. The van der Waals surface area contributed by atoms with E-state index in [2.05, 4.69) is 34.6 Å². The van der Waals surface area contributed by atoms with E-state index in [1.165, 1.54) is 128 Å². The van der Waals surface area contributed by atoms with Gasteiger partial charge in [-0.15, -0.1) is 0 Å². The molecule has 0 saturated heterocycles. The minimum atomic E-state index is -0.758. The number of rotatable bonds is 40. The van der Waals surface area contributed by atoms with Crippen LogP contribution in [-0.4, -0.2) is 37.2 Å². The first kappa shape index (κ1) is 50.4. The lowest BCUT2D eigenvalue weighted by atomic mass is 10.0. The van der Waals surface area contributed by atoms with Crippen LogP contribution in [0.3, 0.4) is 0 Å². The molecule has 0 saturated carbocycles. The van der Waals surface area contributed by atoms with Crippen molar-refractivity contribution >= 4 is 17.9 Å². The second kappa shape index (κ2) is 39.1. The highest BCUT2D eigenvalue weighted by molar-refractivity contribution is 5.71. The Bertz CT molecular complexity index is 794. The smallest absolute Gasteiger partial charge is 0.306 e. The summed E-state index contributed by atoms with van der Waals surface area (Å²) in [5, 5.41) is 0. The van der Waals surface area contributed by atoms with Gasteiger partial charge in [-0.3, -0.25) is 14.4 Å². The van der Waals surface area contributed by atoms with Gasteiger partial charge in [0.25, 0.3) is 0 Å². The Morgan fingerprint density at radius 2 is 0.635 bits per heavy atom. The number of carbonyl (C=O) groups excluding carboxylic acids is 3. The fourth-order valence-corrected chi connectivity index (χ4v) is 6.75. The van der Waals surface area contributed by atoms with Crippen LogP contribution in [0.25, 0.3) is 0 Å². The topological polar surface area (TPSA) is 78.9 Å². The SMILES string of the molecule is CCCCCCCC(=O)O[C@@H](COC(=O)CCCCCCCCCCCCCCCCC(C)C)COC(=O)CCCCCCCCCCCC(C)C. The van der Waals surface area contributed by atoms with Crippen molar-refractivity contribution < 1.29 is 28.6 Å². The average Bonchev–Trinajstić information content (AvgIpc) is 3.11. The van der Waals surface area contributed by atoms with E-state index in [0.717, 1.165) is 76.0 Å². The molecule has 0 fully saturated rings. The summed E-state index contributed by atoms with van der Waals surface area (Å²) < 4.78 is 16.6. The molecule has 0 radical (unpaired) electrons. The Morgan fingerprint density at radius 3 is 0.942 bits per heavy atom. The van der Waals surface area contributed by atoms with Crippen LogP contribution in [0.4, 0.5) is 0 Å². The van der Waals surface area contributed by atoms with Crippen molar-refractivity contribution in [2.75, 3.05) is 13.2 Å². The Labute approximate surface area is 323 Å².